The van der Waals surface area contributed by atoms with E-state index in [0.717, 1.165) is 13.0 Å². The van der Waals surface area contributed by atoms with Gasteiger partial charge in [0.2, 0.25) is 0 Å². The largest absolute Gasteiger partial charge is 0.384 e. The SMILES string of the molecule is CCC(C)(OC)C(C)COC. The summed E-state index contributed by atoms with van der Waals surface area (Å²) in [7, 11) is 3.48. The Hall–Kier alpha value is -0.0800. The van der Waals surface area contributed by atoms with Gasteiger partial charge < -0.3 is 9.47 Å². The van der Waals surface area contributed by atoms with Crippen molar-refractivity contribution >= 4 is 0 Å². The molecule has 0 rings (SSSR count). The van der Waals surface area contributed by atoms with Gasteiger partial charge in [0.25, 0.3) is 0 Å². The first-order valence-electron chi connectivity index (χ1n) is 4.14. The van der Waals surface area contributed by atoms with E-state index in [2.05, 4.69) is 20.8 Å². The van der Waals surface area contributed by atoms with E-state index >= 15 is 0 Å². The molecule has 0 saturated heterocycles. The summed E-state index contributed by atoms with van der Waals surface area (Å²) < 4.78 is 10.5. The summed E-state index contributed by atoms with van der Waals surface area (Å²) in [6.45, 7) is 7.17. The van der Waals surface area contributed by atoms with Gasteiger partial charge in [-0.2, -0.15) is 0 Å². The van der Waals surface area contributed by atoms with Gasteiger partial charge in [-0.1, -0.05) is 13.8 Å². The van der Waals surface area contributed by atoms with Gasteiger partial charge in [-0.3, -0.25) is 0 Å². The molecule has 11 heavy (non-hydrogen) atoms. The van der Waals surface area contributed by atoms with Crippen LogP contribution in [0.1, 0.15) is 27.2 Å². The average molecular weight is 160 g/mol. The molecule has 0 saturated carbocycles. The molecule has 0 heterocycles. The van der Waals surface area contributed by atoms with Crippen molar-refractivity contribution in [3.63, 3.8) is 0 Å². The lowest BCUT2D eigenvalue weighted by molar-refractivity contribution is -0.0618. The second-order valence-electron chi connectivity index (χ2n) is 3.23. The molecule has 2 heteroatoms. The van der Waals surface area contributed by atoms with E-state index in [0.29, 0.717) is 5.92 Å². The zero-order valence-corrected chi connectivity index (χ0v) is 8.31. The van der Waals surface area contributed by atoms with Crippen LogP contribution >= 0.6 is 0 Å². The average Bonchev–Trinajstić information content (AvgIpc) is 2.03. The number of hydrogen-bond donors (Lipinski definition) is 0. The highest BCUT2D eigenvalue weighted by molar-refractivity contribution is 4.78. The Bertz CT molecular complexity index is 97.7. The lowest BCUT2D eigenvalue weighted by Gasteiger charge is -2.32. The third-order valence-corrected chi connectivity index (χ3v) is 2.63. The maximum atomic E-state index is 5.42. The molecule has 0 aliphatic carbocycles. The second kappa shape index (κ2) is 4.73. The van der Waals surface area contributed by atoms with Crippen molar-refractivity contribution in [3.8, 4) is 0 Å². The van der Waals surface area contributed by atoms with Crippen LogP contribution in [0.5, 0.6) is 0 Å². The Morgan fingerprint density at radius 2 is 1.91 bits per heavy atom. The van der Waals surface area contributed by atoms with Gasteiger partial charge in [0.1, 0.15) is 0 Å². The number of ether oxygens (including phenoxy) is 2. The summed E-state index contributed by atoms with van der Waals surface area (Å²) in [6, 6.07) is 0. The van der Waals surface area contributed by atoms with Crippen LogP contribution in [0.4, 0.5) is 0 Å². The maximum Gasteiger partial charge on any atom is 0.0695 e. The van der Waals surface area contributed by atoms with Crippen molar-refractivity contribution in [1.29, 1.82) is 0 Å². The normalized spacial score (nSPS) is 19.4. The molecule has 0 fully saturated rings. The smallest absolute Gasteiger partial charge is 0.0695 e. The molecule has 0 aliphatic heterocycles. The minimum atomic E-state index is -0.0317. The fourth-order valence-corrected chi connectivity index (χ4v) is 1.12. The van der Waals surface area contributed by atoms with Crippen molar-refractivity contribution in [2.75, 3.05) is 20.8 Å². The molecule has 2 nitrogen and oxygen atoms in total. The van der Waals surface area contributed by atoms with Gasteiger partial charge in [-0.25, -0.2) is 0 Å². The summed E-state index contributed by atoms with van der Waals surface area (Å²) in [5.41, 5.74) is -0.0317. The van der Waals surface area contributed by atoms with Crippen LogP contribution in [0.25, 0.3) is 0 Å². The number of hydrogen-bond acceptors (Lipinski definition) is 2. The molecule has 0 radical (unpaired) electrons. The summed E-state index contributed by atoms with van der Waals surface area (Å²) in [5, 5.41) is 0. The quantitative estimate of drug-likeness (QED) is 0.613. The van der Waals surface area contributed by atoms with E-state index in [9.17, 15) is 0 Å². The predicted molar refractivity (Wildman–Crippen MR) is 46.7 cm³/mol. The molecule has 68 valence electrons. The third kappa shape index (κ3) is 2.80. The van der Waals surface area contributed by atoms with Crippen molar-refractivity contribution < 1.29 is 9.47 Å². The summed E-state index contributed by atoms with van der Waals surface area (Å²) in [4.78, 5) is 0. The summed E-state index contributed by atoms with van der Waals surface area (Å²) >= 11 is 0. The van der Waals surface area contributed by atoms with Gasteiger partial charge in [0.15, 0.2) is 0 Å². The van der Waals surface area contributed by atoms with E-state index in [4.69, 9.17) is 9.47 Å². The van der Waals surface area contributed by atoms with Gasteiger partial charge in [-0.05, 0) is 13.3 Å². The van der Waals surface area contributed by atoms with E-state index < -0.39 is 0 Å². The molecule has 0 aliphatic rings. The zero-order chi connectivity index (χ0) is 8.91. The van der Waals surface area contributed by atoms with Gasteiger partial charge >= 0.3 is 0 Å². The highest BCUT2D eigenvalue weighted by atomic mass is 16.5. The Labute approximate surface area is 69.9 Å². The monoisotopic (exact) mass is 160 g/mol. The fraction of sp³-hybridized carbons (Fsp3) is 1.00. The van der Waals surface area contributed by atoms with Crippen LogP contribution in [0.2, 0.25) is 0 Å². The standard InChI is InChI=1S/C9H20O2/c1-6-9(3,11-5)8(2)7-10-4/h8H,6-7H2,1-5H3. The predicted octanol–water partition coefficient (Wildman–Crippen LogP) is 2.08. The molecular formula is C9H20O2. The summed E-state index contributed by atoms with van der Waals surface area (Å²) in [6.07, 6.45) is 1.02. The van der Waals surface area contributed by atoms with E-state index in [1.54, 1.807) is 14.2 Å². The third-order valence-electron chi connectivity index (χ3n) is 2.63. The Morgan fingerprint density at radius 3 is 2.18 bits per heavy atom. The van der Waals surface area contributed by atoms with Crippen LogP contribution in [0.15, 0.2) is 0 Å². The van der Waals surface area contributed by atoms with Crippen LogP contribution in [0.3, 0.4) is 0 Å². The van der Waals surface area contributed by atoms with Crippen molar-refractivity contribution in [2.24, 2.45) is 5.92 Å². The highest BCUT2D eigenvalue weighted by Crippen LogP contribution is 2.24. The Morgan fingerprint density at radius 1 is 1.36 bits per heavy atom. The first kappa shape index (κ1) is 10.9. The molecule has 0 aromatic rings. The van der Waals surface area contributed by atoms with Crippen molar-refractivity contribution in [2.45, 2.75) is 32.8 Å². The summed E-state index contributed by atoms with van der Waals surface area (Å²) in [5.74, 6) is 0.447. The first-order chi connectivity index (χ1) is 5.10. The number of methoxy groups -OCH3 is 2. The Balaban J connectivity index is 4.00. The molecule has 0 N–H and O–H groups in total. The lowest BCUT2D eigenvalue weighted by atomic mass is 9.89. The highest BCUT2D eigenvalue weighted by Gasteiger charge is 2.28. The minimum absolute atomic E-state index is 0.0317. The topological polar surface area (TPSA) is 18.5 Å². The van der Waals surface area contributed by atoms with Gasteiger partial charge in [0.05, 0.1) is 12.2 Å². The minimum Gasteiger partial charge on any atom is -0.384 e. The maximum absolute atomic E-state index is 5.42. The van der Waals surface area contributed by atoms with Crippen LogP contribution in [-0.2, 0) is 9.47 Å². The molecule has 0 bridgehead atoms. The van der Waals surface area contributed by atoms with E-state index in [1.807, 2.05) is 0 Å². The van der Waals surface area contributed by atoms with Crippen molar-refractivity contribution in [3.05, 3.63) is 0 Å². The molecule has 2 unspecified atom stereocenters. The molecule has 0 spiro atoms. The van der Waals surface area contributed by atoms with Crippen LogP contribution in [0, 0.1) is 5.92 Å². The van der Waals surface area contributed by atoms with Crippen LogP contribution < -0.4 is 0 Å². The molecule has 0 aromatic heterocycles. The fourth-order valence-electron chi connectivity index (χ4n) is 1.12. The molecule has 2 atom stereocenters. The lowest BCUT2D eigenvalue weighted by Crippen LogP contribution is -2.36. The Kier molecular flexibility index (Phi) is 4.69. The molecular weight excluding hydrogens is 140 g/mol. The first-order valence-corrected chi connectivity index (χ1v) is 4.14. The van der Waals surface area contributed by atoms with Crippen LogP contribution in [-0.4, -0.2) is 26.4 Å². The molecule has 0 aromatic carbocycles. The van der Waals surface area contributed by atoms with E-state index in [-0.39, 0.29) is 5.60 Å². The second-order valence-corrected chi connectivity index (χ2v) is 3.23. The number of rotatable bonds is 5. The van der Waals surface area contributed by atoms with Gasteiger partial charge in [-0.15, -0.1) is 0 Å². The zero-order valence-electron chi connectivity index (χ0n) is 8.31. The molecule has 0 amide bonds. The van der Waals surface area contributed by atoms with E-state index in [1.165, 1.54) is 0 Å². The van der Waals surface area contributed by atoms with Crippen molar-refractivity contribution in [1.82, 2.24) is 0 Å². The van der Waals surface area contributed by atoms with Gasteiger partial charge in [0, 0.05) is 20.1 Å².